The van der Waals surface area contributed by atoms with Crippen LogP contribution in [-0.2, 0) is 14.3 Å². The fourth-order valence-electron chi connectivity index (χ4n) is 2.84. The van der Waals surface area contributed by atoms with Gasteiger partial charge in [0.15, 0.2) is 6.61 Å². The van der Waals surface area contributed by atoms with Gasteiger partial charge < -0.3 is 18.8 Å². The van der Waals surface area contributed by atoms with E-state index in [2.05, 4.69) is 10.8 Å². The number of methoxy groups -OCH3 is 1. The lowest BCUT2D eigenvalue weighted by molar-refractivity contribution is -0.142. The standard InChI is InChI=1S/C23H20N2O5/c1-3-29-23(27)17-4-8-19(9-5-17)25-13-18(12-24)21(14-25)16-6-10-20(11-7-16)30-15-22(26)28-2/h4-11,13-14H,3,15H2,1-2H3. The third kappa shape index (κ3) is 4.67. The van der Waals surface area contributed by atoms with E-state index in [1.54, 1.807) is 49.5 Å². The summed E-state index contributed by atoms with van der Waals surface area (Å²) >= 11 is 0. The van der Waals surface area contributed by atoms with Crippen LogP contribution in [0.1, 0.15) is 22.8 Å². The highest BCUT2D eigenvalue weighted by Crippen LogP contribution is 2.28. The first-order chi connectivity index (χ1) is 14.5. The van der Waals surface area contributed by atoms with E-state index >= 15 is 0 Å². The van der Waals surface area contributed by atoms with Crippen LogP contribution >= 0.6 is 0 Å². The molecule has 30 heavy (non-hydrogen) atoms. The highest BCUT2D eigenvalue weighted by atomic mass is 16.6. The Hall–Kier alpha value is -4.05. The van der Waals surface area contributed by atoms with Crippen molar-refractivity contribution in [2.24, 2.45) is 0 Å². The molecule has 2 aromatic carbocycles. The minimum Gasteiger partial charge on any atom is -0.482 e. The molecule has 0 saturated heterocycles. The summed E-state index contributed by atoms with van der Waals surface area (Å²) in [5.74, 6) is -0.307. The Kier molecular flexibility index (Phi) is 6.50. The molecular formula is C23H20N2O5. The lowest BCUT2D eigenvalue weighted by Crippen LogP contribution is -2.12. The molecule has 1 heterocycles. The number of hydrogen-bond acceptors (Lipinski definition) is 6. The average molecular weight is 404 g/mol. The number of carbonyl (C=O) groups excluding carboxylic acids is 2. The number of benzene rings is 2. The van der Waals surface area contributed by atoms with Crippen LogP contribution in [0, 0.1) is 11.3 Å². The van der Waals surface area contributed by atoms with Gasteiger partial charge in [-0.25, -0.2) is 9.59 Å². The molecule has 152 valence electrons. The van der Waals surface area contributed by atoms with Crippen LogP contribution in [0.25, 0.3) is 16.8 Å². The summed E-state index contributed by atoms with van der Waals surface area (Å²) < 4.78 is 16.7. The zero-order valence-corrected chi connectivity index (χ0v) is 16.6. The molecule has 7 nitrogen and oxygen atoms in total. The van der Waals surface area contributed by atoms with Gasteiger partial charge in [0, 0.05) is 23.6 Å². The summed E-state index contributed by atoms with van der Waals surface area (Å²) in [5.41, 5.74) is 3.37. The van der Waals surface area contributed by atoms with Gasteiger partial charge in [-0.1, -0.05) is 12.1 Å². The summed E-state index contributed by atoms with van der Waals surface area (Å²) in [7, 11) is 1.30. The number of hydrogen-bond donors (Lipinski definition) is 0. The molecule has 0 aliphatic heterocycles. The van der Waals surface area contributed by atoms with Gasteiger partial charge in [-0.3, -0.25) is 0 Å². The number of nitrogens with zero attached hydrogens (tertiary/aromatic N) is 2. The molecule has 0 atom stereocenters. The lowest BCUT2D eigenvalue weighted by atomic mass is 10.1. The maximum Gasteiger partial charge on any atom is 0.343 e. The smallest absolute Gasteiger partial charge is 0.343 e. The van der Waals surface area contributed by atoms with Gasteiger partial charge in [-0.2, -0.15) is 5.26 Å². The molecule has 0 saturated carbocycles. The van der Waals surface area contributed by atoms with Crippen LogP contribution in [-0.4, -0.2) is 36.8 Å². The molecule has 0 aliphatic rings. The monoisotopic (exact) mass is 404 g/mol. The topological polar surface area (TPSA) is 90.5 Å². The average Bonchev–Trinajstić information content (AvgIpc) is 3.22. The molecule has 0 spiro atoms. The van der Waals surface area contributed by atoms with Crippen LogP contribution in [0.5, 0.6) is 5.75 Å². The van der Waals surface area contributed by atoms with Crippen molar-refractivity contribution < 1.29 is 23.8 Å². The molecule has 0 radical (unpaired) electrons. The third-order valence-corrected chi connectivity index (χ3v) is 4.37. The van der Waals surface area contributed by atoms with E-state index < -0.39 is 5.97 Å². The number of esters is 2. The molecule has 0 bridgehead atoms. The van der Waals surface area contributed by atoms with E-state index in [1.165, 1.54) is 7.11 Å². The molecule has 0 amide bonds. The van der Waals surface area contributed by atoms with Crippen LogP contribution in [0.2, 0.25) is 0 Å². The molecule has 3 rings (SSSR count). The van der Waals surface area contributed by atoms with Crippen molar-refractivity contribution in [2.45, 2.75) is 6.92 Å². The van der Waals surface area contributed by atoms with Crippen LogP contribution in [0.15, 0.2) is 60.9 Å². The van der Waals surface area contributed by atoms with E-state index in [0.717, 1.165) is 16.8 Å². The van der Waals surface area contributed by atoms with Crippen molar-refractivity contribution in [3.05, 3.63) is 72.1 Å². The van der Waals surface area contributed by atoms with Gasteiger partial charge in [0.2, 0.25) is 0 Å². The molecule has 7 heteroatoms. The highest BCUT2D eigenvalue weighted by Gasteiger charge is 2.12. The second-order valence-corrected chi connectivity index (χ2v) is 6.26. The van der Waals surface area contributed by atoms with Gasteiger partial charge in [0.1, 0.15) is 11.8 Å². The van der Waals surface area contributed by atoms with Crippen molar-refractivity contribution in [3.63, 3.8) is 0 Å². The van der Waals surface area contributed by atoms with E-state index in [1.807, 2.05) is 22.9 Å². The summed E-state index contributed by atoms with van der Waals surface area (Å²) in [4.78, 5) is 23.0. The second kappa shape index (κ2) is 9.43. The zero-order valence-electron chi connectivity index (χ0n) is 16.6. The Morgan fingerprint density at radius 3 is 2.33 bits per heavy atom. The van der Waals surface area contributed by atoms with E-state index in [0.29, 0.717) is 23.5 Å². The van der Waals surface area contributed by atoms with Gasteiger partial charge in [-0.05, 0) is 48.9 Å². The van der Waals surface area contributed by atoms with Crippen LogP contribution in [0.4, 0.5) is 0 Å². The van der Waals surface area contributed by atoms with Gasteiger partial charge in [0.05, 0.1) is 24.8 Å². The molecule has 0 fully saturated rings. The Morgan fingerprint density at radius 2 is 1.73 bits per heavy atom. The van der Waals surface area contributed by atoms with Gasteiger partial charge in [0.25, 0.3) is 0 Å². The predicted octanol–water partition coefficient (Wildman–Crippen LogP) is 3.74. The Labute approximate surface area is 174 Å². The quantitative estimate of drug-likeness (QED) is 0.557. The van der Waals surface area contributed by atoms with E-state index in [9.17, 15) is 14.9 Å². The van der Waals surface area contributed by atoms with Crippen molar-refractivity contribution in [2.75, 3.05) is 20.3 Å². The fraction of sp³-hybridized carbons (Fsp3) is 0.174. The number of carbonyl (C=O) groups is 2. The fourth-order valence-corrected chi connectivity index (χ4v) is 2.84. The Morgan fingerprint density at radius 1 is 1.03 bits per heavy atom. The summed E-state index contributed by atoms with van der Waals surface area (Å²) in [6, 6.07) is 16.3. The van der Waals surface area contributed by atoms with Crippen molar-refractivity contribution >= 4 is 11.9 Å². The van der Waals surface area contributed by atoms with Gasteiger partial charge >= 0.3 is 11.9 Å². The van der Waals surface area contributed by atoms with Crippen LogP contribution < -0.4 is 4.74 Å². The maximum absolute atomic E-state index is 11.8. The number of nitriles is 1. The van der Waals surface area contributed by atoms with Crippen LogP contribution in [0.3, 0.4) is 0 Å². The largest absolute Gasteiger partial charge is 0.482 e. The number of aromatic nitrogens is 1. The van der Waals surface area contributed by atoms with E-state index in [4.69, 9.17) is 9.47 Å². The SMILES string of the molecule is CCOC(=O)c1ccc(-n2cc(C#N)c(-c3ccc(OCC(=O)OC)cc3)c2)cc1. The van der Waals surface area contributed by atoms with Crippen molar-refractivity contribution in [3.8, 4) is 28.6 Å². The third-order valence-electron chi connectivity index (χ3n) is 4.37. The Balaban J connectivity index is 1.82. The maximum atomic E-state index is 11.8. The van der Waals surface area contributed by atoms with Crippen molar-refractivity contribution in [1.82, 2.24) is 4.57 Å². The van der Waals surface area contributed by atoms with Crippen molar-refractivity contribution in [1.29, 1.82) is 5.26 Å². The Bertz CT molecular complexity index is 1080. The first-order valence-corrected chi connectivity index (χ1v) is 9.25. The number of rotatable bonds is 7. The first kappa shape index (κ1) is 20.7. The molecule has 0 aliphatic carbocycles. The summed E-state index contributed by atoms with van der Waals surface area (Å²) in [6.07, 6.45) is 3.58. The first-order valence-electron chi connectivity index (χ1n) is 9.25. The molecule has 0 N–H and O–H groups in total. The molecule has 0 unspecified atom stereocenters. The van der Waals surface area contributed by atoms with E-state index in [-0.39, 0.29) is 12.6 Å². The highest BCUT2D eigenvalue weighted by molar-refractivity contribution is 5.89. The minimum atomic E-state index is -0.461. The molecular weight excluding hydrogens is 384 g/mol. The van der Waals surface area contributed by atoms with Gasteiger partial charge in [-0.15, -0.1) is 0 Å². The lowest BCUT2D eigenvalue weighted by Gasteiger charge is -2.06. The predicted molar refractivity (Wildman–Crippen MR) is 109 cm³/mol. The molecule has 3 aromatic rings. The number of ether oxygens (including phenoxy) is 3. The molecule has 1 aromatic heterocycles. The minimum absolute atomic E-state index is 0.169. The zero-order chi connectivity index (χ0) is 21.5. The normalized spacial score (nSPS) is 10.2. The summed E-state index contributed by atoms with van der Waals surface area (Å²) in [6.45, 7) is 1.91. The second-order valence-electron chi connectivity index (χ2n) is 6.26. The summed E-state index contributed by atoms with van der Waals surface area (Å²) in [5, 5.41) is 9.54.